The molecule has 2 aromatic heterocycles. The van der Waals surface area contributed by atoms with Gasteiger partial charge in [-0.05, 0) is 57.1 Å². The second-order valence-corrected chi connectivity index (χ2v) is 10.9. The average Bonchev–Trinajstić information content (AvgIpc) is 3.47. The zero-order valence-corrected chi connectivity index (χ0v) is 24.2. The monoisotopic (exact) mass is 552 g/mol. The molecule has 1 saturated heterocycles. The summed E-state index contributed by atoms with van der Waals surface area (Å²) in [6, 6.07) is 8.69. The maximum atomic E-state index is 5.75. The molecule has 2 aliphatic rings. The fraction of sp³-hybridized carbons (Fsp3) is 0.500. The van der Waals surface area contributed by atoms with Crippen molar-refractivity contribution in [3.05, 3.63) is 64.1 Å². The number of hydrogen-bond acceptors (Lipinski definition) is 10. The summed E-state index contributed by atoms with van der Waals surface area (Å²) in [6.07, 6.45) is 7.34. The summed E-state index contributed by atoms with van der Waals surface area (Å²) in [5.74, 6) is 7.29. The third-order valence-corrected chi connectivity index (χ3v) is 7.74. The number of hydrazine groups is 1. The van der Waals surface area contributed by atoms with Gasteiger partial charge < -0.3 is 19.4 Å². The highest BCUT2D eigenvalue weighted by molar-refractivity contribution is 7.09. The van der Waals surface area contributed by atoms with Crippen molar-refractivity contribution >= 4 is 17.7 Å². The molecule has 4 heterocycles. The van der Waals surface area contributed by atoms with Crippen LogP contribution < -0.4 is 15.3 Å². The number of rotatable bonds is 8. The van der Waals surface area contributed by atoms with Crippen LogP contribution in [0.3, 0.4) is 0 Å². The third-order valence-electron chi connectivity index (χ3n) is 6.81. The average molecular weight is 553 g/mol. The fourth-order valence-electron chi connectivity index (χ4n) is 4.97. The van der Waals surface area contributed by atoms with Gasteiger partial charge in [0.15, 0.2) is 11.5 Å². The van der Waals surface area contributed by atoms with E-state index in [0.717, 1.165) is 61.9 Å². The van der Waals surface area contributed by atoms with Gasteiger partial charge in [0.25, 0.3) is 0 Å². The Kier molecular flexibility index (Phi) is 10.6. The largest absolute Gasteiger partial charge is 0.486 e. The highest BCUT2D eigenvalue weighted by Gasteiger charge is 2.32. The molecule has 2 atom stereocenters. The molecule has 11 heteroatoms. The number of benzene rings is 1. The maximum Gasteiger partial charge on any atom is 0.161 e. The van der Waals surface area contributed by atoms with E-state index in [1.54, 1.807) is 31.8 Å². The molecular formula is C28H40N8O2S. The molecule has 0 spiro atoms. The molecule has 2 N–H and O–H groups in total. The van der Waals surface area contributed by atoms with Crippen LogP contribution in [0.25, 0.3) is 0 Å². The predicted molar refractivity (Wildman–Crippen MR) is 155 cm³/mol. The Bertz CT molecular complexity index is 1190. The third kappa shape index (κ3) is 8.43. The molecule has 1 fully saturated rings. The molecule has 10 nitrogen and oxygen atoms in total. The van der Waals surface area contributed by atoms with Crippen LogP contribution in [-0.4, -0.2) is 90.1 Å². The number of fused-ring (bicyclic) bond motifs is 1. The molecule has 210 valence electrons. The summed E-state index contributed by atoms with van der Waals surface area (Å²) in [7, 11) is 5.57. The summed E-state index contributed by atoms with van der Waals surface area (Å²) in [5, 5.41) is 4.72. The number of aromatic nitrogens is 3. The summed E-state index contributed by atoms with van der Waals surface area (Å²) in [5.41, 5.74) is 3.39. The lowest BCUT2D eigenvalue weighted by Crippen LogP contribution is -2.40. The Balaban J connectivity index is 0.000000531. The number of nitrogens with two attached hydrogens (primary N) is 1. The van der Waals surface area contributed by atoms with Crippen LogP contribution >= 0.6 is 11.3 Å². The first-order valence-electron chi connectivity index (χ1n) is 13.3. The van der Waals surface area contributed by atoms with Gasteiger partial charge in [-0.3, -0.25) is 9.89 Å². The number of ether oxygens (including phenoxy) is 2. The minimum Gasteiger partial charge on any atom is -0.486 e. The van der Waals surface area contributed by atoms with Gasteiger partial charge in [-0.2, -0.15) is 0 Å². The van der Waals surface area contributed by atoms with Crippen LogP contribution in [0.5, 0.6) is 11.5 Å². The highest BCUT2D eigenvalue weighted by Crippen LogP contribution is 2.39. The molecule has 0 aliphatic carbocycles. The van der Waals surface area contributed by atoms with Crippen LogP contribution in [0, 0.1) is 6.92 Å². The van der Waals surface area contributed by atoms with Gasteiger partial charge in [0, 0.05) is 56.9 Å². The standard InChI is InChI=1S/C25H31N5O2S.C3H9N3/c1-18-13-21(28-17-27-18)22-15-20(25-26-6-12-33-25)5-7-30(22)9-8-29(2)16-19-3-4-23-24(14-19)32-11-10-31-23;1-5-3-6(2)4/h3-4,6,12-14,17,20,22H,5,7-11,15-16H2,1-2H3;3H,4H2,1-2H3. The van der Waals surface area contributed by atoms with Gasteiger partial charge in [-0.1, -0.05) is 6.07 Å². The minimum atomic E-state index is 0.289. The van der Waals surface area contributed by atoms with E-state index >= 15 is 0 Å². The number of hydrogen-bond donors (Lipinski definition) is 1. The molecule has 2 unspecified atom stereocenters. The van der Waals surface area contributed by atoms with Crippen LogP contribution in [0.1, 0.15) is 46.8 Å². The van der Waals surface area contributed by atoms with Gasteiger partial charge >= 0.3 is 0 Å². The Morgan fingerprint density at radius 2 is 1.97 bits per heavy atom. The summed E-state index contributed by atoms with van der Waals surface area (Å²) in [4.78, 5) is 22.1. The Morgan fingerprint density at radius 1 is 1.15 bits per heavy atom. The van der Waals surface area contributed by atoms with E-state index in [-0.39, 0.29) is 6.04 Å². The predicted octanol–water partition coefficient (Wildman–Crippen LogP) is 3.52. The smallest absolute Gasteiger partial charge is 0.161 e. The molecule has 0 saturated carbocycles. The molecule has 2 aliphatic heterocycles. The number of aryl methyl sites for hydroxylation is 1. The van der Waals surface area contributed by atoms with Gasteiger partial charge in [0.2, 0.25) is 0 Å². The zero-order chi connectivity index (χ0) is 27.6. The molecule has 5 rings (SSSR count). The highest BCUT2D eigenvalue weighted by atomic mass is 32.1. The maximum absolute atomic E-state index is 5.75. The van der Waals surface area contributed by atoms with E-state index in [1.165, 1.54) is 21.9 Å². The molecule has 39 heavy (non-hydrogen) atoms. The van der Waals surface area contributed by atoms with Gasteiger partial charge in [-0.25, -0.2) is 20.8 Å². The quantitative estimate of drug-likeness (QED) is 0.194. The van der Waals surface area contributed by atoms with E-state index in [9.17, 15) is 0 Å². The SMILES string of the molecule is CN=CN(C)N.Cc1cc(C2CC(c3nccs3)CCN2CCN(C)Cc2ccc3c(c2)OCCO3)ncn1. The van der Waals surface area contributed by atoms with Gasteiger partial charge in [-0.15, -0.1) is 11.3 Å². The number of piperidine rings is 1. The van der Waals surface area contributed by atoms with Crippen molar-refractivity contribution in [2.75, 3.05) is 54.0 Å². The fourth-order valence-corrected chi connectivity index (χ4v) is 5.75. The summed E-state index contributed by atoms with van der Waals surface area (Å²) in [6.45, 7) is 7.19. The normalized spacial score (nSPS) is 19.1. The topological polar surface area (TPSA) is 105 Å². The van der Waals surface area contributed by atoms with Crippen molar-refractivity contribution < 1.29 is 9.47 Å². The first-order valence-corrected chi connectivity index (χ1v) is 14.2. The molecule has 0 amide bonds. The number of aliphatic imine (C=N–C) groups is 1. The van der Waals surface area contributed by atoms with Crippen molar-refractivity contribution in [2.24, 2.45) is 10.8 Å². The second kappa shape index (κ2) is 14.3. The van der Waals surface area contributed by atoms with Crippen LogP contribution in [0.4, 0.5) is 0 Å². The van der Waals surface area contributed by atoms with Crippen molar-refractivity contribution in [2.45, 2.75) is 38.3 Å². The van der Waals surface area contributed by atoms with Crippen molar-refractivity contribution in [1.82, 2.24) is 29.8 Å². The van der Waals surface area contributed by atoms with Crippen LogP contribution in [-0.2, 0) is 6.54 Å². The minimum absolute atomic E-state index is 0.289. The molecule has 0 radical (unpaired) electrons. The summed E-state index contributed by atoms with van der Waals surface area (Å²) >= 11 is 1.77. The van der Waals surface area contributed by atoms with Crippen LogP contribution in [0.15, 0.2) is 47.2 Å². The van der Waals surface area contributed by atoms with E-state index in [1.807, 2.05) is 19.2 Å². The first kappa shape index (κ1) is 28.9. The van der Waals surface area contributed by atoms with Crippen molar-refractivity contribution in [3.63, 3.8) is 0 Å². The van der Waals surface area contributed by atoms with Crippen molar-refractivity contribution in [1.29, 1.82) is 0 Å². The number of nitrogens with zero attached hydrogens (tertiary/aromatic N) is 7. The first-order chi connectivity index (χ1) is 18.9. The second-order valence-electron chi connectivity index (χ2n) is 9.98. The van der Waals surface area contributed by atoms with Gasteiger partial charge in [0.05, 0.1) is 23.1 Å². The van der Waals surface area contributed by atoms with E-state index in [2.05, 4.69) is 60.4 Å². The number of thiazole rings is 1. The van der Waals surface area contributed by atoms with Gasteiger partial charge in [0.1, 0.15) is 19.5 Å². The Hall–Kier alpha value is -3.12. The lowest BCUT2D eigenvalue weighted by atomic mass is 9.89. The lowest BCUT2D eigenvalue weighted by molar-refractivity contribution is 0.116. The molecule has 1 aromatic carbocycles. The number of likely N-dealkylation sites (N-methyl/N-ethyl adjacent to an activating group) is 1. The molecule has 3 aromatic rings. The lowest BCUT2D eigenvalue weighted by Gasteiger charge is -2.39. The Morgan fingerprint density at radius 3 is 2.67 bits per heavy atom. The van der Waals surface area contributed by atoms with E-state index < -0.39 is 0 Å². The summed E-state index contributed by atoms with van der Waals surface area (Å²) < 4.78 is 11.4. The van der Waals surface area contributed by atoms with Crippen molar-refractivity contribution in [3.8, 4) is 11.5 Å². The van der Waals surface area contributed by atoms with E-state index in [4.69, 9.17) is 15.3 Å². The molecular weight excluding hydrogens is 512 g/mol. The number of likely N-dealkylation sites (tertiary alicyclic amines) is 1. The van der Waals surface area contributed by atoms with E-state index in [0.29, 0.717) is 19.1 Å². The zero-order valence-electron chi connectivity index (χ0n) is 23.4. The molecule has 0 bridgehead atoms. The Labute approximate surface area is 235 Å². The van der Waals surface area contributed by atoms with Crippen LogP contribution in [0.2, 0.25) is 0 Å².